The van der Waals surface area contributed by atoms with Crippen molar-refractivity contribution in [2.45, 2.75) is 19.4 Å². The van der Waals surface area contributed by atoms with Crippen LogP contribution in [0.2, 0.25) is 0 Å². The van der Waals surface area contributed by atoms with Crippen LogP contribution in [-0.2, 0) is 4.74 Å². The van der Waals surface area contributed by atoms with Crippen LogP contribution in [0.4, 0.5) is 4.79 Å². The first-order chi connectivity index (χ1) is 5.74. The maximum atomic E-state index is 10.8. The minimum atomic E-state index is -0.325. The zero-order valence-corrected chi connectivity index (χ0v) is 7.17. The second-order valence-corrected chi connectivity index (χ2v) is 3.07. The minimum Gasteiger partial charge on any atom is -0.381 e. The molecule has 0 bridgehead atoms. The molecule has 0 radical (unpaired) electrons. The van der Waals surface area contributed by atoms with Gasteiger partial charge in [-0.3, -0.25) is 5.43 Å². The van der Waals surface area contributed by atoms with E-state index < -0.39 is 0 Å². The molecule has 4 N–H and O–H groups in total. The third kappa shape index (κ3) is 2.35. The summed E-state index contributed by atoms with van der Waals surface area (Å²) in [4.78, 5) is 10.8. The van der Waals surface area contributed by atoms with Gasteiger partial charge in [-0.1, -0.05) is 6.92 Å². The number of nitrogens with one attached hydrogen (secondary N) is 2. The van der Waals surface area contributed by atoms with Gasteiger partial charge in [0.25, 0.3) is 0 Å². The number of rotatable bonds is 1. The predicted octanol–water partition coefficient (Wildman–Crippen LogP) is -0.416. The van der Waals surface area contributed by atoms with E-state index in [0.29, 0.717) is 19.1 Å². The maximum absolute atomic E-state index is 10.8. The Balaban J connectivity index is 2.33. The Morgan fingerprint density at radius 2 is 2.42 bits per heavy atom. The SMILES string of the molecule is CC1COCCC1NC(=O)NN. The van der Waals surface area contributed by atoms with Gasteiger partial charge < -0.3 is 10.1 Å². The number of carbonyl (C=O) groups excluding carboxylic acids is 1. The van der Waals surface area contributed by atoms with Crippen molar-refractivity contribution in [3.63, 3.8) is 0 Å². The number of hydrogen-bond donors (Lipinski definition) is 3. The van der Waals surface area contributed by atoms with Crippen LogP contribution in [0.1, 0.15) is 13.3 Å². The summed E-state index contributed by atoms with van der Waals surface area (Å²) in [7, 11) is 0. The van der Waals surface area contributed by atoms with E-state index >= 15 is 0 Å². The van der Waals surface area contributed by atoms with Gasteiger partial charge in [0, 0.05) is 12.6 Å². The number of hydrazine groups is 1. The lowest BCUT2D eigenvalue weighted by molar-refractivity contribution is 0.0419. The lowest BCUT2D eigenvalue weighted by Crippen LogP contribution is -2.50. The highest BCUT2D eigenvalue weighted by Gasteiger charge is 2.22. The average Bonchev–Trinajstić information content (AvgIpc) is 2.09. The highest BCUT2D eigenvalue weighted by Crippen LogP contribution is 2.13. The molecule has 5 heteroatoms. The van der Waals surface area contributed by atoms with Crippen LogP contribution in [0.5, 0.6) is 0 Å². The smallest absolute Gasteiger partial charge is 0.329 e. The van der Waals surface area contributed by atoms with Crippen molar-refractivity contribution in [2.75, 3.05) is 13.2 Å². The van der Waals surface area contributed by atoms with Crippen LogP contribution >= 0.6 is 0 Å². The molecule has 0 spiro atoms. The van der Waals surface area contributed by atoms with E-state index in [0.717, 1.165) is 6.42 Å². The Kier molecular flexibility index (Phi) is 3.31. The quantitative estimate of drug-likeness (QED) is 0.286. The Hall–Kier alpha value is -0.810. The van der Waals surface area contributed by atoms with Crippen LogP contribution in [-0.4, -0.2) is 25.3 Å². The first-order valence-electron chi connectivity index (χ1n) is 4.09. The lowest BCUT2D eigenvalue weighted by atomic mass is 9.98. The van der Waals surface area contributed by atoms with Gasteiger partial charge in [-0.15, -0.1) is 0 Å². The zero-order chi connectivity index (χ0) is 8.97. The standard InChI is InChI=1S/C7H15N3O2/c1-5-4-12-3-2-6(5)9-7(11)10-8/h5-6H,2-4,8H2,1H3,(H2,9,10,11). The summed E-state index contributed by atoms with van der Waals surface area (Å²) in [5.41, 5.74) is 2.04. The fourth-order valence-corrected chi connectivity index (χ4v) is 1.30. The van der Waals surface area contributed by atoms with E-state index in [1.54, 1.807) is 0 Å². The molecule has 2 amide bonds. The van der Waals surface area contributed by atoms with Crippen LogP contribution in [0, 0.1) is 5.92 Å². The summed E-state index contributed by atoms with van der Waals surface area (Å²) in [6, 6.07) is -0.143. The zero-order valence-electron chi connectivity index (χ0n) is 7.17. The van der Waals surface area contributed by atoms with Crippen molar-refractivity contribution in [2.24, 2.45) is 11.8 Å². The number of hydrogen-bond acceptors (Lipinski definition) is 3. The third-order valence-electron chi connectivity index (χ3n) is 2.09. The van der Waals surface area contributed by atoms with Crippen LogP contribution < -0.4 is 16.6 Å². The average molecular weight is 173 g/mol. The molecule has 2 unspecified atom stereocenters. The molecule has 1 aliphatic heterocycles. The van der Waals surface area contributed by atoms with Crippen molar-refractivity contribution in [3.8, 4) is 0 Å². The van der Waals surface area contributed by atoms with Gasteiger partial charge in [-0.2, -0.15) is 0 Å². The third-order valence-corrected chi connectivity index (χ3v) is 2.09. The molecule has 1 heterocycles. The Morgan fingerprint density at radius 1 is 1.67 bits per heavy atom. The van der Waals surface area contributed by atoms with Crippen LogP contribution in [0.3, 0.4) is 0 Å². The van der Waals surface area contributed by atoms with Crippen LogP contribution in [0.25, 0.3) is 0 Å². The molecule has 70 valence electrons. The molecule has 0 aromatic rings. The Labute approximate surface area is 71.6 Å². The summed E-state index contributed by atoms with van der Waals surface area (Å²) >= 11 is 0. The van der Waals surface area contributed by atoms with Gasteiger partial charge >= 0.3 is 6.03 Å². The van der Waals surface area contributed by atoms with E-state index in [4.69, 9.17) is 10.6 Å². The molecule has 1 fully saturated rings. The van der Waals surface area contributed by atoms with E-state index in [2.05, 4.69) is 5.32 Å². The van der Waals surface area contributed by atoms with Crippen molar-refractivity contribution < 1.29 is 9.53 Å². The number of amides is 2. The fraction of sp³-hybridized carbons (Fsp3) is 0.857. The molecule has 1 saturated heterocycles. The van der Waals surface area contributed by atoms with E-state index in [-0.39, 0.29) is 12.1 Å². The fourth-order valence-electron chi connectivity index (χ4n) is 1.30. The molecule has 1 rings (SSSR count). The second kappa shape index (κ2) is 4.27. The molecular weight excluding hydrogens is 158 g/mol. The largest absolute Gasteiger partial charge is 0.381 e. The number of urea groups is 1. The monoisotopic (exact) mass is 173 g/mol. The summed E-state index contributed by atoms with van der Waals surface area (Å²) in [5.74, 6) is 5.30. The molecule has 0 saturated carbocycles. The highest BCUT2D eigenvalue weighted by molar-refractivity contribution is 5.73. The number of nitrogens with two attached hydrogens (primary N) is 1. The van der Waals surface area contributed by atoms with Crippen molar-refractivity contribution >= 4 is 6.03 Å². The normalized spacial score (nSPS) is 29.5. The summed E-state index contributed by atoms with van der Waals surface area (Å²) in [5, 5.41) is 2.76. The van der Waals surface area contributed by atoms with Crippen LogP contribution in [0.15, 0.2) is 0 Å². The first kappa shape index (κ1) is 9.28. The van der Waals surface area contributed by atoms with Gasteiger partial charge in [0.1, 0.15) is 0 Å². The van der Waals surface area contributed by atoms with E-state index in [9.17, 15) is 4.79 Å². The molecule has 12 heavy (non-hydrogen) atoms. The van der Waals surface area contributed by atoms with Crippen molar-refractivity contribution in [3.05, 3.63) is 0 Å². The lowest BCUT2D eigenvalue weighted by Gasteiger charge is -2.29. The van der Waals surface area contributed by atoms with E-state index in [1.165, 1.54) is 0 Å². The molecule has 0 aromatic heterocycles. The summed E-state index contributed by atoms with van der Waals surface area (Å²) in [6.07, 6.45) is 0.856. The Morgan fingerprint density at radius 3 is 3.00 bits per heavy atom. The topological polar surface area (TPSA) is 76.4 Å². The molecular formula is C7H15N3O2. The number of ether oxygens (including phenoxy) is 1. The summed E-state index contributed by atoms with van der Waals surface area (Å²) < 4.78 is 5.22. The van der Waals surface area contributed by atoms with Gasteiger partial charge in [0.15, 0.2) is 0 Å². The molecule has 2 atom stereocenters. The van der Waals surface area contributed by atoms with Gasteiger partial charge in [0.05, 0.1) is 6.61 Å². The van der Waals surface area contributed by atoms with Crippen molar-refractivity contribution in [1.29, 1.82) is 0 Å². The van der Waals surface area contributed by atoms with Gasteiger partial charge in [0.2, 0.25) is 0 Å². The van der Waals surface area contributed by atoms with Crippen molar-refractivity contribution in [1.82, 2.24) is 10.7 Å². The minimum absolute atomic E-state index is 0.183. The molecule has 0 aromatic carbocycles. The first-order valence-corrected chi connectivity index (χ1v) is 4.09. The molecule has 5 nitrogen and oxygen atoms in total. The second-order valence-electron chi connectivity index (χ2n) is 3.07. The molecule has 0 aliphatic carbocycles. The van der Waals surface area contributed by atoms with E-state index in [1.807, 2.05) is 12.3 Å². The predicted molar refractivity (Wildman–Crippen MR) is 44.2 cm³/mol. The number of carbonyl (C=O) groups is 1. The van der Waals surface area contributed by atoms with Gasteiger partial charge in [-0.05, 0) is 12.3 Å². The maximum Gasteiger partial charge on any atom is 0.329 e. The highest BCUT2D eigenvalue weighted by atomic mass is 16.5. The molecule has 1 aliphatic rings. The summed E-state index contributed by atoms with van der Waals surface area (Å²) in [6.45, 7) is 3.45. The van der Waals surface area contributed by atoms with Gasteiger partial charge in [-0.25, -0.2) is 10.6 Å². The Bertz CT molecular complexity index is 163.